The molecule has 0 aliphatic heterocycles. The van der Waals surface area contributed by atoms with Gasteiger partial charge in [-0.3, -0.25) is 4.79 Å². The summed E-state index contributed by atoms with van der Waals surface area (Å²) in [6.45, 7) is 0. The fraction of sp³-hybridized carbons (Fsp3) is 0.0667. The van der Waals surface area contributed by atoms with Gasteiger partial charge in [0.1, 0.15) is 0 Å². The van der Waals surface area contributed by atoms with E-state index in [4.69, 9.17) is 0 Å². The van der Waals surface area contributed by atoms with Gasteiger partial charge in [-0.25, -0.2) is 0 Å². The zero-order valence-electron chi connectivity index (χ0n) is 9.59. The van der Waals surface area contributed by atoms with Crippen LogP contribution in [0.5, 0.6) is 0 Å². The van der Waals surface area contributed by atoms with Crippen LogP contribution in [0.2, 0.25) is 0 Å². The molecule has 0 amide bonds. The molecule has 0 aromatic heterocycles. The van der Waals surface area contributed by atoms with Crippen molar-refractivity contribution >= 4 is 23.6 Å². The average Bonchev–Trinajstić information content (AvgIpc) is 2.90. The number of thioether (sulfide) groups is 1. The van der Waals surface area contributed by atoms with Crippen LogP contribution in [0.4, 0.5) is 0 Å². The average molecular weight is 241 g/mol. The molecule has 1 aromatic carbocycles. The Balaban J connectivity index is 1.96. The molecule has 1 aromatic rings. The quantitative estimate of drug-likeness (QED) is 0.593. The SMILES string of the molecule is CSc1ccc(/C=C/C(=O)[C]2[CH][CH][CH][CH]2)cc1. The Hall–Kier alpha value is -1.02. The first-order valence-electron chi connectivity index (χ1n) is 5.38. The molecule has 1 saturated carbocycles. The highest BCUT2D eigenvalue weighted by Gasteiger charge is 2.22. The van der Waals surface area contributed by atoms with Crippen molar-refractivity contribution in [1.29, 1.82) is 0 Å². The molecule has 85 valence electrons. The first-order chi connectivity index (χ1) is 8.29. The van der Waals surface area contributed by atoms with E-state index in [1.807, 2.05) is 50.1 Å². The van der Waals surface area contributed by atoms with E-state index < -0.39 is 0 Å². The molecule has 0 bridgehead atoms. The van der Waals surface area contributed by atoms with Gasteiger partial charge in [-0.1, -0.05) is 18.2 Å². The van der Waals surface area contributed by atoms with Crippen molar-refractivity contribution in [2.75, 3.05) is 6.26 Å². The molecule has 2 heteroatoms. The number of allylic oxidation sites excluding steroid dienone is 1. The summed E-state index contributed by atoms with van der Waals surface area (Å²) >= 11 is 1.71. The van der Waals surface area contributed by atoms with Crippen LogP contribution in [0.25, 0.3) is 6.08 Å². The lowest BCUT2D eigenvalue weighted by molar-refractivity contribution is -0.112. The largest absolute Gasteiger partial charge is 0.294 e. The number of rotatable bonds is 4. The summed E-state index contributed by atoms with van der Waals surface area (Å²) in [4.78, 5) is 12.9. The van der Waals surface area contributed by atoms with Gasteiger partial charge in [0.15, 0.2) is 5.78 Å². The molecule has 0 N–H and O–H groups in total. The number of ketones is 1. The lowest BCUT2D eigenvalue weighted by Crippen LogP contribution is -2.05. The van der Waals surface area contributed by atoms with Gasteiger partial charge in [0, 0.05) is 4.90 Å². The molecule has 1 nitrogen and oxygen atoms in total. The Morgan fingerprint density at radius 1 is 1.12 bits per heavy atom. The summed E-state index contributed by atoms with van der Waals surface area (Å²) < 4.78 is 0. The number of carbonyl (C=O) groups excluding carboxylic acids is 1. The van der Waals surface area contributed by atoms with Gasteiger partial charge in [-0.15, -0.1) is 11.8 Å². The maximum atomic E-state index is 11.7. The molecular weight excluding hydrogens is 228 g/mol. The molecule has 1 aliphatic rings. The molecule has 0 saturated heterocycles. The summed E-state index contributed by atoms with van der Waals surface area (Å²) in [6, 6.07) is 8.13. The van der Waals surface area contributed by atoms with Gasteiger partial charge >= 0.3 is 0 Å². The number of hydrogen-bond donors (Lipinski definition) is 0. The van der Waals surface area contributed by atoms with E-state index in [1.54, 1.807) is 17.8 Å². The highest BCUT2D eigenvalue weighted by Crippen LogP contribution is 2.24. The summed E-state index contributed by atoms with van der Waals surface area (Å²) in [6.07, 6.45) is 12.9. The summed E-state index contributed by atoms with van der Waals surface area (Å²) in [7, 11) is 0. The molecular formula is C15H13OS. The highest BCUT2D eigenvalue weighted by atomic mass is 32.2. The van der Waals surface area contributed by atoms with Gasteiger partial charge in [0.2, 0.25) is 0 Å². The van der Waals surface area contributed by atoms with E-state index in [-0.39, 0.29) is 5.78 Å². The van der Waals surface area contributed by atoms with E-state index >= 15 is 0 Å². The number of hydrogen-bond acceptors (Lipinski definition) is 2. The van der Waals surface area contributed by atoms with E-state index in [9.17, 15) is 4.79 Å². The standard InChI is InChI=1S/C15H13OS/c1-17-14-9-6-12(7-10-14)8-11-15(16)13-4-2-3-5-13/h2-11H,1H3/b11-8+. The Kier molecular flexibility index (Phi) is 4.43. The van der Waals surface area contributed by atoms with Crippen LogP contribution in [0, 0.1) is 31.6 Å². The summed E-state index contributed by atoms with van der Waals surface area (Å²) in [5, 5.41) is 0. The highest BCUT2D eigenvalue weighted by molar-refractivity contribution is 7.98. The van der Waals surface area contributed by atoms with Crippen molar-refractivity contribution in [2.24, 2.45) is 0 Å². The molecule has 5 radical (unpaired) electrons. The van der Waals surface area contributed by atoms with E-state index in [1.165, 1.54) is 4.90 Å². The van der Waals surface area contributed by atoms with Crippen LogP contribution in [0.3, 0.4) is 0 Å². The third kappa shape index (κ3) is 3.47. The molecule has 1 fully saturated rings. The van der Waals surface area contributed by atoms with Gasteiger partial charge < -0.3 is 0 Å². The predicted octanol–water partition coefficient (Wildman–Crippen LogP) is 3.40. The summed E-state index contributed by atoms with van der Waals surface area (Å²) in [5.74, 6) is 0.783. The zero-order valence-corrected chi connectivity index (χ0v) is 10.4. The lowest BCUT2D eigenvalue weighted by Gasteiger charge is -2.01. The van der Waals surface area contributed by atoms with Crippen LogP contribution in [-0.2, 0) is 4.79 Å². The Labute approximate surface area is 107 Å². The Morgan fingerprint density at radius 2 is 1.76 bits per heavy atom. The molecule has 0 unspecified atom stereocenters. The zero-order chi connectivity index (χ0) is 12.1. The minimum absolute atomic E-state index is 0.0453. The van der Waals surface area contributed by atoms with Crippen molar-refractivity contribution < 1.29 is 4.79 Å². The van der Waals surface area contributed by atoms with Gasteiger partial charge in [0.05, 0.1) is 5.92 Å². The fourth-order valence-electron chi connectivity index (χ4n) is 1.52. The monoisotopic (exact) mass is 241 g/mol. The number of benzene rings is 1. The van der Waals surface area contributed by atoms with Gasteiger partial charge in [0.25, 0.3) is 0 Å². The van der Waals surface area contributed by atoms with E-state index in [0.29, 0.717) is 0 Å². The van der Waals surface area contributed by atoms with Crippen LogP contribution >= 0.6 is 11.8 Å². The first-order valence-corrected chi connectivity index (χ1v) is 6.60. The van der Waals surface area contributed by atoms with Crippen molar-refractivity contribution in [1.82, 2.24) is 0 Å². The van der Waals surface area contributed by atoms with Crippen molar-refractivity contribution in [3.63, 3.8) is 0 Å². The van der Waals surface area contributed by atoms with Crippen molar-refractivity contribution in [3.05, 3.63) is 67.5 Å². The minimum atomic E-state index is 0.0453. The van der Waals surface area contributed by atoms with E-state index in [2.05, 4.69) is 12.1 Å². The normalized spacial score (nSPS) is 16.8. The smallest absolute Gasteiger partial charge is 0.163 e. The van der Waals surface area contributed by atoms with Crippen molar-refractivity contribution in [2.45, 2.75) is 4.90 Å². The van der Waals surface area contributed by atoms with Gasteiger partial charge in [-0.2, -0.15) is 0 Å². The maximum absolute atomic E-state index is 11.7. The Morgan fingerprint density at radius 3 is 2.35 bits per heavy atom. The third-order valence-corrected chi connectivity index (χ3v) is 3.23. The molecule has 17 heavy (non-hydrogen) atoms. The second-order valence-electron chi connectivity index (χ2n) is 3.64. The van der Waals surface area contributed by atoms with Crippen LogP contribution < -0.4 is 0 Å². The van der Waals surface area contributed by atoms with E-state index in [0.717, 1.165) is 11.5 Å². The molecule has 0 atom stereocenters. The van der Waals surface area contributed by atoms with Crippen LogP contribution in [0.15, 0.2) is 35.2 Å². The minimum Gasteiger partial charge on any atom is -0.294 e. The molecule has 2 rings (SSSR count). The topological polar surface area (TPSA) is 17.1 Å². The second-order valence-corrected chi connectivity index (χ2v) is 4.52. The third-order valence-electron chi connectivity index (χ3n) is 2.49. The van der Waals surface area contributed by atoms with Crippen LogP contribution in [-0.4, -0.2) is 12.0 Å². The molecule has 0 heterocycles. The van der Waals surface area contributed by atoms with Crippen LogP contribution in [0.1, 0.15) is 5.56 Å². The molecule has 0 spiro atoms. The fourth-order valence-corrected chi connectivity index (χ4v) is 1.93. The van der Waals surface area contributed by atoms with Gasteiger partial charge in [-0.05, 0) is 55.7 Å². The second kappa shape index (κ2) is 6.06. The number of carbonyl (C=O) groups is 1. The Bertz CT molecular complexity index is 399. The first kappa shape index (κ1) is 12.4. The maximum Gasteiger partial charge on any atom is 0.163 e. The summed E-state index contributed by atoms with van der Waals surface area (Å²) in [5.41, 5.74) is 1.04. The molecule has 1 aliphatic carbocycles. The van der Waals surface area contributed by atoms with Crippen molar-refractivity contribution in [3.8, 4) is 0 Å². The predicted molar refractivity (Wildman–Crippen MR) is 72.7 cm³/mol. The lowest BCUT2D eigenvalue weighted by atomic mass is 10.0.